The molecule has 2 aromatic carbocycles. The van der Waals surface area contributed by atoms with Crippen LogP contribution in [0.3, 0.4) is 0 Å². The third-order valence-electron chi connectivity index (χ3n) is 4.63. The predicted octanol–water partition coefficient (Wildman–Crippen LogP) is 3.43. The predicted molar refractivity (Wildman–Crippen MR) is 90.1 cm³/mol. The van der Waals surface area contributed by atoms with Crippen molar-refractivity contribution in [1.82, 2.24) is 0 Å². The molecule has 0 heterocycles. The number of sulfone groups is 1. The number of halogens is 2. The Balaban J connectivity index is 1.94. The van der Waals surface area contributed by atoms with Crippen LogP contribution in [0.4, 0.5) is 14.5 Å². The molecule has 0 atom stereocenters. The summed E-state index contributed by atoms with van der Waals surface area (Å²) in [4.78, 5) is 12.7. The molecule has 1 amide bonds. The highest BCUT2D eigenvalue weighted by atomic mass is 32.2. The van der Waals surface area contributed by atoms with Crippen molar-refractivity contribution in [2.24, 2.45) is 0 Å². The van der Waals surface area contributed by atoms with Gasteiger partial charge < -0.3 is 5.32 Å². The van der Waals surface area contributed by atoms with Crippen molar-refractivity contribution in [2.75, 3.05) is 11.6 Å². The van der Waals surface area contributed by atoms with Crippen LogP contribution in [0.5, 0.6) is 0 Å². The molecule has 1 aliphatic rings. The maximum Gasteiger partial charge on any atom is 0.235 e. The molecule has 0 aliphatic heterocycles. The van der Waals surface area contributed by atoms with E-state index in [1.54, 1.807) is 6.07 Å². The van der Waals surface area contributed by atoms with Crippen molar-refractivity contribution in [2.45, 2.75) is 29.6 Å². The van der Waals surface area contributed by atoms with Gasteiger partial charge in [-0.15, -0.1) is 0 Å². The molecular formula is C18H17F2NO3S. The van der Waals surface area contributed by atoms with E-state index in [0.717, 1.165) is 30.9 Å². The van der Waals surface area contributed by atoms with Gasteiger partial charge in [-0.05, 0) is 48.7 Å². The van der Waals surface area contributed by atoms with Gasteiger partial charge in [0, 0.05) is 6.26 Å². The third-order valence-corrected chi connectivity index (χ3v) is 5.74. The molecule has 0 aromatic heterocycles. The van der Waals surface area contributed by atoms with Crippen molar-refractivity contribution in [3.8, 4) is 0 Å². The largest absolute Gasteiger partial charge is 0.323 e. The number of carbonyl (C=O) groups is 1. The summed E-state index contributed by atoms with van der Waals surface area (Å²) in [7, 11) is -3.53. The highest BCUT2D eigenvalue weighted by Crippen LogP contribution is 2.45. The second-order valence-electron chi connectivity index (χ2n) is 6.31. The number of rotatable bonds is 4. The fourth-order valence-corrected chi connectivity index (χ4v) is 3.68. The Hall–Kier alpha value is -2.28. The van der Waals surface area contributed by atoms with Crippen molar-refractivity contribution in [3.05, 3.63) is 59.7 Å². The molecule has 7 heteroatoms. The van der Waals surface area contributed by atoms with E-state index in [1.165, 1.54) is 18.2 Å². The van der Waals surface area contributed by atoms with Crippen molar-refractivity contribution in [3.63, 3.8) is 0 Å². The average molecular weight is 365 g/mol. The molecule has 0 bridgehead atoms. The van der Waals surface area contributed by atoms with Crippen LogP contribution in [0.1, 0.15) is 24.8 Å². The van der Waals surface area contributed by atoms with Gasteiger partial charge in [0.1, 0.15) is 11.6 Å². The quantitative estimate of drug-likeness (QED) is 0.845. The number of hydrogen-bond donors (Lipinski definition) is 1. The molecule has 4 nitrogen and oxygen atoms in total. The number of carbonyl (C=O) groups excluding carboxylic acids is 1. The summed E-state index contributed by atoms with van der Waals surface area (Å²) in [5, 5.41) is 2.48. The summed E-state index contributed by atoms with van der Waals surface area (Å²) in [5.41, 5.74) is -0.582. The van der Waals surface area contributed by atoms with Crippen LogP contribution in [0.2, 0.25) is 0 Å². The number of amides is 1. The third kappa shape index (κ3) is 3.28. The minimum absolute atomic E-state index is 0.0855. The summed E-state index contributed by atoms with van der Waals surface area (Å²) in [6, 6.07) is 9.05. The van der Waals surface area contributed by atoms with Crippen molar-refractivity contribution in [1.29, 1.82) is 0 Å². The van der Waals surface area contributed by atoms with Gasteiger partial charge in [0.05, 0.1) is 16.0 Å². The van der Waals surface area contributed by atoms with E-state index in [-0.39, 0.29) is 10.6 Å². The van der Waals surface area contributed by atoms with Gasteiger partial charge >= 0.3 is 0 Å². The first-order valence-electron chi connectivity index (χ1n) is 7.79. The maximum absolute atomic E-state index is 14.0. The molecule has 3 rings (SSSR count). The molecule has 1 aliphatic carbocycles. The summed E-state index contributed by atoms with van der Waals surface area (Å²) >= 11 is 0. The minimum atomic E-state index is -3.53. The van der Waals surface area contributed by atoms with Crippen molar-refractivity contribution >= 4 is 21.4 Å². The van der Waals surface area contributed by atoms with Gasteiger partial charge in [0.15, 0.2) is 9.84 Å². The van der Waals surface area contributed by atoms with Crippen LogP contribution < -0.4 is 5.32 Å². The van der Waals surface area contributed by atoms with E-state index in [1.807, 2.05) is 0 Å². The van der Waals surface area contributed by atoms with Crippen LogP contribution in [-0.2, 0) is 20.0 Å². The lowest BCUT2D eigenvalue weighted by Gasteiger charge is -2.40. The summed E-state index contributed by atoms with van der Waals surface area (Å²) in [5.74, 6) is -1.63. The number of nitrogens with one attached hydrogen (secondary N) is 1. The van der Waals surface area contributed by atoms with Gasteiger partial charge in [0.25, 0.3) is 0 Å². The van der Waals surface area contributed by atoms with Crippen LogP contribution in [0.25, 0.3) is 0 Å². The van der Waals surface area contributed by atoms with Crippen LogP contribution in [0.15, 0.2) is 47.4 Å². The molecule has 132 valence electrons. The molecule has 1 saturated carbocycles. The summed E-state index contributed by atoms with van der Waals surface area (Å²) in [6.45, 7) is 0. The molecule has 0 spiro atoms. The van der Waals surface area contributed by atoms with Gasteiger partial charge in [-0.3, -0.25) is 4.79 Å². The first-order chi connectivity index (χ1) is 11.7. The molecule has 0 saturated heterocycles. The van der Waals surface area contributed by atoms with Crippen molar-refractivity contribution < 1.29 is 22.0 Å². The van der Waals surface area contributed by atoms with Gasteiger partial charge in [0.2, 0.25) is 5.91 Å². The fourth-order valence-electron chi connectivity index (χ4n) is 3.04. The van der Waals surface area contributed by atoms with E-state index in [4.69, 9.17) is 0 Å². The molecule has 1 fully saturated rings. The van der Waals surface area contributed by atoms with E-state index >= 15 is 0 Å². The van der Waals surface area contributed by atoms with Crippen LogP contribution in [-0.4, -0.2) is 20.6 Å². The smallest absolute Gasteiger partial charge is 0.235 e. The molecule has 1 N–H and O–H groups in total. The first kappa shape index (κ1) is 17.5. The Bertz CT molecular complexity index is 937. The standard InChI is InChI=1S/C18H17F2NO3S/c1-25(23,24)14-6-7-15(20)16(11-14)21-17(22)18(8-3-9-18)12-4-2-5-13(19)10-12/h2,4-7,10-11H,3,8-9H2,1H3,(H,21,22). The molecule has 0 radical (unpaired) electrons. The highest BCUT2D eigenvalue weighted by Gasteiger charge is 2.46. The summed E-state index contributed by atoms with van der Waals surface area (Å²) < 4.78 is 50.8. The minimum Gasteiger partial charge on any atom is -0.323 e. The van der Waals surface area contributed by atoms with E-state index in [0.29, 0.717) is 18.4 Å². The Morgan fingerprint density at radius 1 is 1.12 bits per heavy atom. The van der Waals surface area contributed by atoms with Gasteiger partial charge in [-0.25, -0.2) is 17.2 Å². The van der Waals surface area contributed by atoms with E-state index in [2.05, 4.69) is 5.32 Å². The topological polar surface area (TPSA) is 63.2 Å². The fraction of sp³-hybridized carbons (Fsp3) is 0.278. The van der Waals surface area contributed by atoms with E-state index in [9.17, 15) is 22.0 Å². The molecule has 2 aromatic rings. The Morgan fingerprint density at radius 2 is 1.84 bits per heavy atom. The second-order valence-corrected chi connectivity index (χ2v) is 8.33. The second kappa shape index (κ2) is 6.22. The Morgan fingerprint density at radius 3 is 2.40 bits per heavy atom. The lowest BCUT2D eigenvalue weighted by molar-refractivity contribution is -0.124. The zero-order chi connectivity index (χ0) is 18.2. The van der Waals surface area contributed by atoms with Crippen LogP contribution >= 0.6 is 0 Å². The van der Waals surface area contributed by atoms with Gasteiger partial charge in [-0.1, -0.05) is 18.6 Å². The number of anilines is 1. The number of benzene rings is 2. The average Bonchev–Trinajstić information content (AvgIpc) is 2.47. The zero-order valence-electron chi connectivity index (χ0n) is 13.6. The lowest BCUT2D eigenvalue weighted by atomic mass is 9.63. The highest BCUT2D eigenvalue weighted by molar-refractivity contribution is 7.90. The molecule has 0 unspecified atom stereocenters. The lowest BCUT2D eigenvalue weighted by Crippen LogP contribution is -2.46. The normalized spacial score (nSPS) is 16.1. The Labute approximate surface area is 144 Å². The van der Waals surface area contributed by atoms with Crippen LogP contribution in [0, 0.1) is 11.6 Å². The monoisotopic (exact) mass is 365 g/mol. The Kier molecular flexibility index (Phi) is 4.36. The zero-order valence-corrected chi connectivity index (χ0v) is 14.4. The van der Waals surface area contributed by atoms with Gasteiger partial charge in [-0.2, -0.15) is 0 Å². The molecular weight excluding hydrogens is 348 g/mol. The van der Waals surface area contributed by atoms with E-state index < -0.39 is 32.8 Å². The number of hydrogen-bond acceptors (Lipinski definition) is 3. The molecule has 25 heavy (non-hydrogen) atoms. The summed E-state index contributed by atoms with van der Waals surface area (Å²) in [6.07, 6.45) is 2.85. The first-order valence-corrected chi connectivity index (χ1v) is 9.69. The maximum atomic E-state index is 14.0. The SMILES string of the molecule is CS(=O)(=O)c1ccc(F)c(NC(=O)C2(c3cccc(F)c3)CCC2)c1.